The molecule has 3 rings (SSSR count). The highest BCUT2D eigenvalue weighted by molar-refractivity contribution is 6.06. The number of carbonyl (C=O) groups excluding carboxylic acids is 2. The Morgan fingerprint density at radius 1 is 1.08 bits per heavy atom. The molecule has 0 saturated carbocycles. The van der Waals surface area contributed by atoms with Crippen molar-refractivity contribution in [3.05, 3.63) is 59.7 Å². The zero-order chi connectivity index (χ0) is 18.7. The highest BCUT2D eigenvalue weighted by atomic mass is 16.2. The molecule has 0 spiro atoms. The molecular weight excluding hydrogens is 326 g/mol. The molecule has 0 unspecified atom stereocenters. The van der Waals surface area contributed by atoms with E-state index in [0.717, 1.165) is 12.2 Å². The Kier molecular flexibility index (Phi) is 4.98. The summed E-state index contributed by atoms with van der Waals surface area (Å²) in [6, 6.07) is 15.3. The number of hydrogen-bond acceptors (Lipinski definition) is 3. The SMILES string of the molecule is CC(C)(C)c1ccc(C(=O)Nc2ccccc2N2CCNC(=O)C2)cc1. The molecule has 0 aromatic heterocycles. The van der Waals surface area contributed by atoms with Crippen LogP contribution in [0, 0.1) is 0 Å². The molecular formula is C21H25N3O2. The zero-order valence-electron chi connectivity index (χ0n) is 15.5. The molecule has 2 aromatic carbocycles. The van der Waals surface area contributed by atoms with Gasteiger partial charge in [0, 0.05) is 18.7 Å². The molecule has 1 saturated heterocycles. The first-order valence-corrected chi connectivity index (χ1v) is 8.87. The smallest absolute Gasteiger partial charge is 0.255 e. The number of hydrogen-bond donors (Lipinski definition) is 2. The molecule has 0 aliphatic carbocycles. The fraction of sp³-hybridized carbons (Fsp3) is 0.333. The van der Waals surface area contributed by atoms with Crippen molar-refractivity contribution in [1.29, 1.82) is 0 Å². The van der Waals surface area contributed by atoms with E-state index in [4.69, 9.17) is 0 Å². The number of rotatable bonds is 3. The van der Waals surface area contributed by atoms with E-state index in [0.29, 0.717) is 24.3 Å². The van der Waals surface area contributed by atoms with E-state index in [1.807, 2.05) is 53.4 Å². The summed E-state index contributed by atoms with van der Waals surface area (Å²) < 4.78 is 0. The predicted octanol–water partition coefficient (Wildman–Crippen LogP) is 3.17. The third kappa shape index (κ3) is 4.04. The van der Waals surface area contributed by atoms with Crippen LogP contribution in [0.2, 0.25) is 0 Å². The Hall–Kier alpha value is -2.82. The van der Waals surface area contributed by atoms with Crippen molar-refractivity contribution in [3.63, 3.8) is 0 Å². The quantitative estimate of drug-likeness (QED) is 0.893. The molecule has 5 nitrogen and oxygen atoms in total. The zero-order valence-corrected chi connectivity index (χ0v) is 15.5. The van der Waals surface area contributed by atoms with Crippen molar-refractivity contribution in [2.45, 2.75) is 26.2 Å². The van der Waals surface area contributed by atoms with E-state index in [1.165, 1.54) is 5.56 Å². The van der Waals surface area contributed by atoms with Crippen LogP contribution in [0.25, 0.3) is 0 Å². The number of carbonyl (C=O) groups is 2. The van der Waals surface area contributed by atoms with E-state index in [9.17, 15) is 9.59 Å². The van der Waals surface area contributed by atoms with Gasteiger partial charge in [0.15, 0.2) is 0 Å². The molecule has 26 heavy (non-hydrogen) atoms. The molecule has 0 atom stereocenters. The second-order valence-corrected chi connectivity index (χ2v) is 7.57. The summed E-state index contributed by atoms with van der Waals surface area (Å²) in [7, 11) is 0. The van der Waals surface area contributed by atoms with E-state index in [2.05, 4.69) is 31.4 Å². The van der Waals surface area contributed by atoms with Crippen LogP contribution in [0.1, 0.15) is 36.7 Å². The van der Waals surface area contributed by atoms with Crippen LogP contribution in [-0.4, -0.2) is 31.4 Å². The Bertz CT molecular complexity index is 807. The van der Waals surface area contributed by atoms with Gasteiger partial charge in [-0.05, 0) is 35.2 Å². The fourth-order valence-electron chi connectivity index (χ4n) is 3.02. The normalized spacial score (nSPS) is 14.7. The first-order valence-electron chi connectivity index (χ1n) is 8.87. The van der Waals surface area contributed by atoms with Gasteiger partial charge in [0.25, 0.3) is 5.91 Å². The summed E-state index contributed by atoms with van der Waals surface area (Å²) >= 11 is 0. The third-order valence-electron chi connectivity index (χ3n) is 4.54. The van der Waals surface area contributed by atoms with Gasteiger partial charge in [-0.25, -0.2) is 0 Å². The Balaban J connectivity index is 1.78. The Labute approximate surface area is 154 Å². The molecule has 0 bridgehead atoms. The van der Waals surface area contributed by atoms with E-state index in [1.54, 1.807) is 0 Å². The van der Waals surface area contributed by atoms with Crippen molar-refractivity contribution in [2.75, 3.05) is 29.9 Å². The number of amides is 2. The molecule has 1 aliphatic rings. The molecule has 1 fully saturated rings. The van der Waals surface area contributed by atoms with Crippen LogP contribution < -0.4 is 15.5 Å². The summed E-state index contributed by atoms with van der Waals surface area (Å²) in [6.07, 6.45) is 0. The summed E-state index contributed by atoms with van der Waals surface area (Å²) in [6.45, 7) is 8.06. The summed E-state index contributed by atoms with van der Waals surface area (Å²) in [4.78, 5) is 26.3. The van der Waals surface area contributed by atoms with Crippen molar-refractivity contribution in [3.8, 4) is 0 Å². The van der Waals surface area contributed by atoms with Crippen LogP contribution in [0.3, 0.4) is 0 Å². The number of piperazine rings is 1. The molecule has 5 heteroatoms. The standard InChI is InChI=1S/C21H25N3O2/c1-21(2,3)16-10-8-15(9-11-16)20(26)23-17-6-4-5-7-18(17)24-13-12-22-19(25)14-24/h4-11H,12-14H2,1-3H3,(H,22,25)(H,23,26). The minimum absolute atomic E-state index is 0.00449. The van der Waals surface area contributed by atoms with Crippen molar-refractivity contribution in [1.82, 2.24) is 5.32 Å². The average molecular weight is 351 g/mol. The lowest BCUT2D eigenvalue weighted by Crippen LogP contribution is -2.47. The first kappa shape index (κ1) is 18.0. The van der Waals surface area contributed by atoms with Gasteiger partial charge in [0.05, 0.1) is 17.9 Å². The lowest BCUT2D eigenvalue weighted by Gasteiger charge is -2.30. The van der Waals surface area contributed by atoms with Gasteiger partial charge >= 0.3 is 0 Å². The minimum atomic E-state index is -0.153. The fourth-order valence-corrected chi connectivity index (χ4v) is 3.02. The number of nitrogens with one attached hydrogen (secondary N) is 2. The lowest BCUT2D eigenvalue weighted by atomic mass is 9.87. The molecule has 1 aliphatic heterocycles. The minimum Gasteiger partial charge on any atom is -0.359 e. The molecule has 2 aromatic rings. The number of benzene rings is 2. The van der Waals surface area contributed by atoms with Gasteiger partial charge in [-0.1, -0.05) is 45.0 Å². The molecule has 2 amide bonds. The highest BCUT2D eigenvalue weighted by Gasteiger charge is 2.20. The second kappa shape index (κ2) is 7.20. The molecule has 0 radical (unpaired) electrons. The summed E-state index contributed by atoms with van der Waals surface area (Å²) in [5.74, 6) is -0.158. The van der Waals surface area contributed by atoms with Crippen LogP contribution in [-0.2, 0) is 10.2 Å². The first-order chi connectivity index (χ1) is 12.3. The molecule has 1 heterocycles. The lowest BCUT2D eigenvalue weighted by molar-refractivity contribution is -0.120. The van der Waals surface area contributed by atoms with Crippen molar-refractivity contribution in [2.24, 2.45) is 0 Å². The van der Waals surface area contributed by atoms with E-state index < -0.39 is 0 Å². The van der Waals surface area contributed by atoms with Gasteiger partial charge in [-0.15, -0.1) is 0 Å². The second-order valence-electron chi connectivity index (χ2n) is 7.57. The Morgan fingerprint density at radius 2 is 1.77 bits per heavy atom. The Morgan fingerprint density at radius 3 is 2.42 bits per heavy atom. The largest absolute Gasteiger partial charge is 0.359 e. The number of anilines is 2. The van der Waals surface area contributed by atoms with Crippen LogP contribution >= 0.6 is 0 Å². The van der Waals surface area contributed by atoms with Gasteiger partial charge in [0.2, 0.25) is 5.91 Å². The van der Waals surface area contributed by atoms with Crippen molar-refractivity contribution >= 4 is 23.2 Å². The topological polar surface area (TPSA) is 61.4 Å². The van der Waals surface area contributed by atoms with E-state index in [-0.39, 0.29) is 17.2 Å². The van der Waals surface area contributed by atoms with Crippen LogP contribution in [0.4, 0.5) is 11.4 Å². The molecule has 2 N–H and O–H groups in total. The highest BCUT2D eigenvalue weighted by Crippen LogP contribution is 2.27. The third-order valence-corrected chi connectivity index (χ3v) is 4.54. The van der Waals surface area contributed by atoms with Crippen LogP contribution in [0.5, 0.6) is 0 Å². The maximum absolute atomic E-state index is 12.7. The average Bonchev–Trinajstić information content (AvgIpc) is 2.61. The monoisotopic (exact) mass is 351 g/mol. The van der Waals surface area contributed by atoms with Gasteiger partial charge in [-0.3, -0.25) is 9.59 Å². The van der Waals surface area contributed by atoms with Gasteiger partial charge in [0.1, 0.15) is 0 Å². The van der Waals surface area contributed by atoms with Crippen molar-refractivity contribution < 1.29 is 9.59 Å². The maximum Gasteiger partial charge on any atom is 0.255 e. The maximum atomic E-state index is 12.7. The van der Waals surface area contributed by atoms with E-state index >= 15 is 0 Å². The van der Waals surface area contributed by atoms with Crippen LogP contribution in [0.15, 0.2) is 48.5 Å². The van der Waals surface area contributed by atoms with Gasteiger partial charge < -0.3 is 15.5 Å². The number of nitrogens with zero attached hydrogens (tertiary/aromatic N) is 1. The predicted molar refractivity (Wildman–Crippen MR) is 105 cm³/mol. The number of para-hydroxylation sites is 2. The summed E-state index contributed by atoms with van der Waals surface area (Å²) in [5, 5.41) is 5.80. The molecule has 136 valence electrons. The van der Waals surface area contributed by atoms with Gasteiger partial charge in [-0.2, -0.15) is 0 Å². The summed E-state index contributed by atoms with van der Waals surface area (Å²) in [5.41, 5.74) is 3.43.